The quantitative estimate of drug-likeness (QED) is 0.826. The maximum absolute atomic E-state index is 11.7. The van der Waals surface area contributed by atoms with Crippen LogP contribution in [0.25, 0.3) is 11.6 Å². The van der Waals surface area contributed by atoms with E-state index in [0.717, 1.165) is 5.69 Å². The zero-order chi connectivity index (χ0) is 11.7. The van der Waals surface area contributed by atoms with E-state index in [1.165, 1.54) is 0 Å². The second kappa shape index (κ2) is 4.36. The predicted molar refractivity (Wildman–Crippen MR) is 69.2 cm³/mol. The third kappa shape index (κ3) is 2.01. The molecule has 0 aliphatic heterocycles. The van der Waals surface area contributed by atoms with Crippen molar-refractivity contribution in [3.8, 4) is 11.6 Å². The van der Waals surface area contributed by atoms with Gasteiger partial charge in [-0.25, -0.2) is 9.97 Å². The van der Waals surface area contributed by atoms with Crippen molar-refractivity contribution < 1.29 is 0 Å². The highest BCUT2D eigenvalue weighted by Crippen LogP contribution is 2.18. The molecule has 2 rings (SSSR count). The lowest BCUT2D eigenvalue weighted by Gasteiger charge is -2.07. The molecule has 2 N–H and O–H groups in total. The smallest absolute Gasteiger partial charge is 0.264 e. The molecule has 0 saturated carbocycles. The fourth-order valence-corrected chi connectivity index (χ4v) is 2.24. The van der Waals surface area contributed by atoms with Gasteiger partial charge in [0, 0.05) is 12.4 Å². The Morgan fingerprint density at radius 2 is 2.12 bits per heavy atom. The van der Waals surface area contributed by atoms with Crippen LogP contribution >= 0.6 is 22.6 Å². The highest BCUT2D eigenvalue weighted by Gasteiger charge is 2.13. The first-order valence-corrected chi connectivity index (χ1v) is 5.97. The summed E-state index contributed by atoms with van der Waals surface area (Å²) in [6, 6.07) is 0. The van der Waals surface area contributed by atoms with Crippen LogP contribution in [-0.2, 0) is 0 Å². The normalized spacial score (nSPS) is 11.0. The summed E-state index contributed by atoms with van der Waals surface area (Å²) in [6.07, 6.45) is 3.32. The molecular formula is C10H11IN4O. The van der Waals surface area contributed by atoms with Crippen molar-refractivity contribution in [1.29, 1.82) is 0 Å². The van der Waals surface area contributed by atoms with Crippen LogP contribution in [0.2, 0.25) is 0 Å². The van der Waals surface area contributed by atoms with Gasteiger partial charge in [0.15, 0.2) is 11.6 Å². The van der Waals surface area contributed by atoms with E-state index in [4.69, 9.17) is 0 Å². The third-order valence-electron chi connectivity index (χ3n) is 2.16. The number of aromatic amines is 2. The first kappa shape index (κ1) is 11.3. The minimum absolute atomic E-state index is 0.120. The van der Waals surface area contributed by atoms with Gasteiger partial charge in [0.2, 0.25) is 0 Å². The SMILES string of the molecule is CC(C)c1nc(-c2ncc[nH]2)[nH]c(=O)c1I. The van der Waals surface area contributed by atoms with E-state index in [9.17, 15) is 4.79 Å². The summed E-state index contributed by atoms with van der Waals surface area (Å²) in [4.78, 5) is 25.8. The zero-order valence-electron chi connectivity index (χ0n) is 8.91. The summed E-state index contributed by atoms with van der Waals surface area (Å²) in [7, 11) is 0. The Bertz CT molecular complexity index is 544. The number of nitrogens with zero attached hydrogens (tertiary/aromatic N) is 2. The molecule has 0 radical (unpaired) electrons. The van der Waals surface area contributed by atoms with Crippen LogP contribution in [-0.4, -0.2) is 19.9 Å². The average Bonchev–Trinajstić information content (AvgIpc) is 2.74. The van der Waals surface area contributed by atoms with Crippen molar-refractivity contribution in [2.75, 3.05) is 0 Å². The van der Waals surface area contributed by atoms with Crippen LogP contribution in [0.15, 0.2) is 17.2 Å². The van der Waals surface area contributed by atoms with Gasteiger partial charge >= 0.3 is 0 Å². The lowest BCUT2D eigenvalue weighted by Crippen LogP contribution is -2.17. The Hall–Kier alpha value is -1.18. The molecule has 84 valence electrons. The first-order valence-electron chi connectivity index (χ1n) is 4.89. The molecule has 16 heavy (non-hydrogen) atoms. The van der Waals surface area contributed by atoms with Crippen LogP contribution in [0.5, 0.6) is 0 Å². The number of halogens is 1. The maximum atomic E-state index is 11.7. The number of hydrogen-bond donors (Lipinski definition) is 2. The molecule has 0 atom stereocenters. The van der Waals surface area contributed by atoms with E-state index in [0.29, 0.717) is 15.2 Å². The summed E-state index contributed by atoms with van der Waals surface area (Å²) in [5.41, 5.74) is 0.682. The van der Waals surface area contributed by atoms with Gasteiger partial charge in [-0.3, -0.25) is 4.79 Å². The maximum Gasteiger partial charge on any atom is 0.264 e. The van der Waals surface area contributed by atoms with Gasteiger partial charge in [0.05, 0.1) is 9.26 Å². The molecule has 0 aliphatic rings. The Kier molecular flexibility index (Phi) is 3.08. The van der Waals surface area contributed by atoms with Crippen molar-refractivity contribution in [2.45, 2.75) is 19.8 Å². The van der Waals surface area contributed by atoms with Gasteiger partial charge in [-0.05, 0) is 28.5 Å². The minimum Gasteiger partial charge on any atom is -0.342 e. The van der Waals surface area contributed by atoms with Crippen molar-refractivity contribution in [3.05, 3.63) is 32.0 Å². The van der Waals surface area contributed by atoms with Gasteiger partial charge < -0.3 is 9.97 Å². The number of rotatable bonds is 2. The Balaban J connectivity index is 2.62. The third-order valence-corrected chi connectivity index (χ3v) is 3.20. The van der Waals surface area contributed by atoms with Crippen LogP contribution in [0.4, 0.5) is 0 Å². The van der Waals surface area contributed by atoms with E-state index < -0.39 is 0 Å². The lowest BCUT2D eigenvalue weighted by atomic mass is 10.1. The molecule has 0 aromatic carbocycles. The molecule has 0 bridgehead atoms. The highest BCUT2D eigenvalue weighted by atomic mass is 127. The van der Waals surface area contributed by atoms with Gasteiger partial charge in [-0.15, -0.1) is 0 Å². The molecule has 0 unspecified atom stereocenters. The second-order valence-corrected chi connectivity index (χ2v) is 4.78. The molecule has 0 amide bonds. The van der Waals surface area contributed by atoms with Crippen LogP contribution in [0.1, 0.15) is 25.5 Å². The summed E-state index contributed by atoms with van der Waals surface area (Å²) < 4.78 is 0.642. The zero-order valence-corrected chi connectivity index (χ0v) is 11.1. The number of aromatic nitrogens is 4. The predicted octanol–water partition coefficient (Wildman–Crippen LogP) is 1.89. The molecule has 2 heterocycles. The monoisotopic (exact) mass is 330 g/mol. The van der Waals surface area contributed by atoms with E-state index >= 15 is 0 Å². The Morgan fingerprint density at radius 1 is 1.38 bits per heavy atom. The van der Waals surface area contributed by atoms with Crippen molar-refractivity contribution in [2.24, 2.45) is 0 Å². The molecule has 0 fully saturated rings. The average molecular weight is 330 g/mol. The molecule has 6 heteroatoms. The number of hydrogen-bond acceptors (Lipinski definition) is 3. The molecule has 0 spiro atoms. The van der Waals surface area contributed by atoms with Gasteiger partial charge in [-0.1, -0.05) is 13.8 Å². The summed E-state index contributed by atoms with van der Waals surface area (Å²) >= 11 is 2.02. The summed E-state index contributed by atoms with van der Waals surface area (Å²) in [5.74, 6) is 1.28. The van der Waals surface area contributed by atoms with Crippen LogP contribution in [0, 0.1) is 3.57 Å². The topological polar surface area (TPSA) is 74.4 Å². The molecule has 2 aromatic heterocycles. The molecular weight excluding hydrogens is 319 g/mol. The van der Waals surface area contributed by atoms with E-state index in [1.54, 1.807) is 12.4 Å². The van der Waals surface area contributed by atoms with Gasteiger partial charge in [0.25, 0.3) is 5.56 Å². The van der Waals surface area contributed by atoms with Crippen LogP contribution < -0.4 is 5.56 Å². The van der Waals surface area contributed by atoms with Gasteiger partial charge in [0.1, 0.15) is 0 Å². The lowest BCUT2D eigenvalue weighted by molar-refractivity contribution is 0.800. The van der Waals surface area contributed by atoms with Crippen molar-refractivity contribution >= 4 is 22.6 Å². The Morgan fingerprint density at radius 3 is 2.69 bits per heavy atom. The van der Waals surface area contributed by atoms with Crippen molar-refractivity contribution in [1.82, 2.24) is 19.9 Å². The molecule has 2 aromatic rings. The molecule has 0 saturated heterocycles. The first-order chi connectivity index (χ1) is 7.59. The molecule has 5 nitrogen and oxygen atoms in total. The van der Waals surface area contributed by atoms with E-state index in [1.807, 2.05) is 36.4 Å². The van der Waals surface area contributed by atoms with Crippen LogP contribution in [0.3, 0.4) is 0 Å². The summed E-state index contributed by atoms with van der Waals surface area (Å²) in [5, 5.41) is 0. The highest BCUT2D eigenvalue weighted by molar-refractivity contribution is 14.1. The fraction of sp³-hybridized carbons (Fsp3) is 0.300. The fourth-order valence-electron chi connectivity index (χ4n) is 1.37. The number of imidazole rings is 1. The van der Waals surface area contributed by atoms with Gasteiger partial charge in [-0.2, -0.15) is 0 Å². The Labute approximate surface area is 106 Å². The van der Waals surface area contributed by atoms with Crippen molar-refractivity contribution in [3.63, 3.8) is 0 Å². The summed E-state index contributed by atoms with van der Waals surface area (Å²) in [6.45, 7) is 4.02. The van der Waals surface area contributed by atoms with E-state index in [2.05, 4.69) is 19.9 Å². The minimum atomic E-state index is -0.120. The number of H-pyrrole nitrogens is 2. The second-order valence-electron chi connectivity index (χ2n) is 3.71. The standard InChI is InChI=1S/C10H11IN4O/c1-5(2)7-6(11)10(16)15-9(14-7)8-12-3-4-13-8/h3-5H,1-2H3,(H,12,13)(H,14,15,16). The molecule has 0 aliphatic carbocycles. The largest absolute Gasteiger partial charge is 0.342 e. The van der Waals surface area contributed by atoms with E-state index in [-0.39, 0.29) is 11.5 Å². The number of nitrogens with one attached hydrogen (secondary N) is 2.